The fourth-order valence-electron chi connectivity index (χ4n) is 2.45. The predicted molar refractivity (Wildman–Crippen MR) is 79.8 cm³/mol. The van der Waals surface area contributed by atoms with E-state index in [0.717, 1.165) is 36.5 Å². The summed E-state index contributed by atoms with van der Waals surface area (Å²) < 4.78 is 0. The standard InChI is InChI=1S/C14H25N5/c1-11-17-13(9-14(18-11)19(2)3)16-8-6-12-5-4-7-15-10-12/h9,12,15H,4-8,10H2,1-3H3,(H,16,17,18). The Labute approximate surface area is 115 Å². The Morgan fingerprint density at radius 1 is 1.42 bits per heavy atom. The fourth-order valence-corrected chi connectivity index (χ4v) is 2.45. The minimum atomic E-state index is 0.803. The highest BCUT2D eigenvalue weighted by molar-refractivity contribution is 5.48. The Balaban J connectivity index is 1.84. The molecule has 1 aliphatic heterocycles. The zero-order chi connectivity index (χ0) is 13.7. The third kappa shape index (κ3) is 4.35. The first-order valence-corrected chi connectivity index (χ1v) is 7.13. The van der Waals surface area contributed by atoms with E-state index in [9.17, 15) is 0 Å². The maximum atomic E-state index is 4.43. The van der Waals surface area contributed by atoms with Crippen LogP contribution >= 0.6 is 0 Å². The van der Waals surface area contributed by atoms with Crippen LogP contribution in [0.15, 0.2) is 6.07 Å². The Kier molecular flexibility index (Phi) is 4.96. The SMILES string of the molecule is Cc1nc(NCCC2CCCNC2)cc(N(C)C)n1. The second-order valence-corrected chi connectivity index (χ2v) is 5.48. The predicted octanol–water partition coefficient (Wildman–Crippen LogP) is 1.65. The van der Waals surface area contributed by atoms with Crippen LogP contribution < -0.4 is 15.5 Å². The normalized spacial score (nSPS) is 19.2. The summed E-state index contributed by atoms with van der Waals surface area (Å²) in [7, 11) is 4.00. The molecule has 0 radical (unpaired) electrons. The van der Waals surface area contributed by atoms with Gasteiger partial charge in [-0.2, -0.15) is 0 Å². The molecule has 2 heterocycles. The molecule has 5 heteroatoms. The molecular formula is C14H25N5. The van der Waals surface area contributed by atoms with E-state index < -0.39 is 0 Å². The number of rotatable bonds is 5. The molecule has 0 amide bonds. The maximum absolute atomic E-state index is 4.43. The van der Waals surface area contributed by atoms with Crippen molar-refractivity contribution >= 4 is 11.6 Å². The van der Waals surface area contributed by atoms with Crippen LogP contribution in [0, 0.1) is 12.8 Å². The van der Waals surface area contributed by atoms with E-state index in [1.807, 2.05) is 32.0 Å². The van der Waals surface area contributed by atoms with Crippen LogP contribution in [0.2, 0.25) is 0 Å². The molecule has 1 unspecified atom stereocenters. The van der Waals surface area contributed by atoms with Crippen molar-refractivity contribution in [2.75, 3.05) is 43.9 Å². The van der Waals surface area contributed by atoms with Crippen LogP contribution in [-0.4, -0.2) is 43.7 Å². The summed E-state index contributed by atoms with van der Waals surface area (Å²) in [6.07, 6.45) is 3.86. The first kappa shape index (κ1) is 14.1. The third-order valence-electron chi connectivity index (χ3n) is 3.54. The highest BCUT2D eigenvalue weighted by atomic mass is 15.2. The van der Waals surface area contributed by atoms with E-state index in [1.54, 1.807) is 0 Å². The first-order valence-electron chi connectivity index (χ1n) is 7.13. The summed E-state index contributed by atoms with van der Waals surface area (Å²) in [4.78, 5) is 10.8. The van der Waals surface area contributed by atoms with E-state index in [2.05, 4.69) is 20.6 Å². The van der Waals surface area contributed by atoms with Crippen molar-refractivity contribution in [3.05, 3.63) is 11.9 Å². The highest BCUT2D eigenvalue weighted by Gasteiger charge is 2.12. The summed E-state index contributed by atoms with van der Waals surface area (Å²) in [5.74, 6) is 3.50. The molecule has 0 saturated carbocycles. The zero-order valence-electron chi connectivity index (χ0n) is 12.2. The van der Waals surface area contributed by atoms with Gasteiger partial charge in [0.2, 0.25) is 0 Å². The Morgan fingerprint density at radius 2 is 2.26 bits per heavy atom. The van der Waals surface area contributed by atoms with Crippen LogP contribution in [-0.2, 0) is 0 Å². The molecule has 1 aliphatic rings. The van der Waals surface area contributed by atoms with E-state index in [-0.39, 0.29) is 0 Å². The molecule has 1 aromatic rings. The number of piperidine rings is 1. The number of anilines is 2. The van der Waals surface area contributed by atoms with Crippen molar-refractivity contribution in [1.82, 2.24) is 15.3 Å². The van der Waals surface area contributed by atoms with Crippen LogP contribution in [0.5, 0.6) is 0 Å². The smallest absolute Gasteiger partial charge is 0.133 e. The van der Waals surface area contributed by atoms with Gasteiger partial charge in [-0.1, -0.05) is 0 Å². The average Bonchev–Trinajstić information content (AvgIpc) is 2.39. The Morgan fingerprint density at radius 3 is 2.95 bits per heavy atom. The highest BCUT2D eigenvalue weighted by Crippen LogP contribution is 2.16. The molecule has 2 rings (SSSR count). The molecular weight excluding hydrogens is 238 g/mol. The van der Waals surface area contributed by atoms with Crippen molar-refractivity contribution in [2.45, 2.75) is 26.2 Å². The van der Waals surface area contributed by atoms with E-state index in [0.29, 0.717) is 0 Å². The topological polar surface area (TPSA) is 53.1 Å². The summed E-state index contributed by atoms with van der Waals surface area (Å²) >= 11 is 0. The lowest BCUT2D eigenvalue weighted by molar-refractivity contribution is 0.364. The van der Waals surface area contributed by atoms with Gasteiger partial charge < -0.3 is 15.5 Å². The van der Waals surface area contributed by atoms with Gasteiger partial charge in [0, 0.05) is 26.7 Å². The first-order chi connectivity index (χ1) is 9.15. The van der Waals surface area contributed by atoms with Gasteiger partial charge in [-0.15, -0.1) is 0 Å². The number of nitrogens with zero attached hydrogens (tertiary/aromatic N) is 3. The van der Waals surface area contributed by atoms with Gasteiger partial charge >= 0.3 is 0 Å². The van der Waals surface area contributed by atoms with Gasteiger partial charge in [0.25, 0.3) is 0 Å². The number of aromatic nitrogens is 2. The van der Waals surface area contributed by atoms with Gasteiger partial charge in [0.1, 0.15) is 17.5 Å². The maximum Gasteiger partial charge on any atom is 0.133 e. The average molecular weight is 263 g/mol. The number of hydrogen-bond donors (Lipinski definition) is 2. The fraction of sp³-hybridized carbons (Fsp3) is 0.714. The minimum Gasteiger partial charge on any atom is -0.370 e. The van der Waals surface area contributed by atoms with Crippen molar-refractivity contribution in [3.63, 3.8) is 0 Å². The zero-order valence-corrected chi connectivity index (χ0v) is 12.2. The molecule has 0 spiro atoms. The Hall–Kier alpha value is -1.36. The quantitative estimate of drug-likeness (QED) is 0.846. The number of nitrogens with one attached hydrogen (secondary N) is 2. The van der Waals surface area contributed by atoms with Crippen molar-refractivity contribution in [1.29, 1.82) is 0 Å². The van der Waals surface area contributed by atoms with Gasteiger partial charge in [-0.25, -0.2) is 9.97 Å². The molecule has 1 atom stereocenters. The monoisotopic (exact) mass is 263 g/mol. The summed E-state index contributed by atoms with van der Waals surface area (Å²) in [6.45, 7) is 5.26. The molecule has 0 bridgehead atoms. The summed E-state index contributed by atoms with van der Waals surface area (Å²) in [6, 6.07) is 2.01. The van der Waals surface area contributed by atoms with Crippen molar-refractivity contribution < 1.29 is 0 Å². The molecule has 5 nitrogen and oxygen atoms in total. The van der Waals surface area contributed by atoms with E-state index >= 15 is 0 Å². The molecule has 1 aromatic heterocycles. The largest absolute Gasteiger partial charge is 0.370 e. The second-order valence-electron chi connectivity index (χ2n) is 5.48. The van der Waals surface area contributed by atoms with Crippen LogP contribution in [0.4, 0.5) is 11.6 Å². The number of aryl methyl sites for hydroxylation is 1. The van der Waals surface area contributed by atoms with E-state index in [1.165, 1.54) is 25.8 Å². The molecule has 19 heavy (non-hydrogen) atoms. The lowest BCUT2D eigenvalue weighted by Gasteiger charge is -2.22. The molecule has 0 aliphatic carbocycles. The molecule has 1 saturated heterocycles. The van der Waals surface area contributed by atoms with Crippen LogP contribution in [0.25, 0.3) is 0 Å². The van der Waals surface area contributed by atoms with Gasteiger partial charge in [-0.3, -0.25) is 0 Å². The van der Waals surface area contributed by atoms with Crippen molar-refractivity contribution in [3.8, 4) is 0 Å². The van der Waals surface area contributed by atoms with Crippen LogP contribution in [0.1, 0.15) is 25.1 Å². The third-order valence-corrected chi connectivity index (χ3v) is 3.54. The van der Waals surface area contributed by atoms with Gasteiger partial charge in [0.05, 0.1) is 0 Å². The van der Waals surface area contributed by atoms with Gasteiger partial charge in [-0.05, 0) is 45.2 Å². The molecule has 1 fully saturated rings. The second kappa shape index (κ2) is 6.70. The number of hydrogen-bond acceptors (Lipinski definition) is 5. The van der Waals surface area contributed by atoms with E-state index in [4.69, 9.17) is 0 Å². The molecule has 2 N–H and O–H groups in total. The van der Waals surface area contributed by atoms with Crippen molar-refractivity contribution in [2.24, 2.45) is 5.92 Å². The minimum absolute atomic E-state index is 0.803. The Bertz CT molecular complexity index is 399. The molecule has 106 valence electrons. The summed E-state index contributed by atoms with van der Waals surface area (Å²) in [5, 5.41) is 6.88. The molecule has 0 aromatic carbocycles. The summed E-state index contributed by atoms with van der Waals surface area (Å²) in [5.41, 5.74) is 0. The van der Waals surface area contributed by atoms with Gasteiger partial charge in [0.15, 0.2) is 0 Å². The van der Waals surface area contributed by atoms with Crippen LogP contribution in [0.3, 0.4) is 0 Å². The lowest BCUT2D eigenvalue weighted by atomic mass is 9.96. The lowest BCUT2D eigenvalue weighted by Crippen LogP contribution is -2.30.